The quantitative estimate of drug-likeness (QED) is 0.589. The lowest BCUT2D eigenvalue weighted by atomic mass is 10.0. The number of thiophene rings is 1. The van der Waals surface area contributed by atoms with E-state index < -0.39 is 15.7 Å². The number of fused-ring (bicyclic) bond motifs is 1. The molecule has 1 amide bonds. The summed E-state index contributed by atoms with van der Waals surface area (Å²) < 4.78 is 24.8. The Hall–Kier alpha value is -2.99. The minimum Gasteiger partial charge on any atom is -0.312 e. The van der Waals surface area contributed by atoms with E-state index in [1.165, 1.54) is 29.0 Å². The molecular weight excluding hydrogens is 442 g/mol. The highest BCUT2D eigenvalue weighted by atomic mass is 32.2. The van der Waals surface area contributed by atoms with Crippen LogP contribution in [0.15, 0.2) is 59.5 Å². The van der Waals surface area contributed by atoms with Crippen molar-refractivity contribution >= 4 is 32.1 Å². The normalized spacial score (nSPS) is 13.9. The van der Waals surface area contributed by atoms with Gasteiger partial charge in [0.05, 0.1) is 21.8 Å². The Labute approximate surface area is 192 Å². The van der Waals surface area contributed by atoms with Crippen LogP contribution in [0.5, 0.6) is 0 Å². The Bertz CT molecular complexity index is 1290. The molecule has 0 spiro atoms. The summed E-state index contributed by atoms with van der Waals surface area (Å²) in [6, 6.07) is 18.6. The molecule has 2 heterocycles. The zero-order chi connectivity index (χ0) is 22.7. The molecule has 0 radical (unpaired) electrons. The van der Waals surface area contributed by atoms with Crippen LogP contribution in [-0.2, 0) is 29.3 Å². The van der Waals surface area contributed by atoms with E-state index in [9.17, 15) is 18.5 Å². The minimum absolute atomic E-state index is 0.00821. The summed E-state index contributed by atoms with van der Waals surface area (Å²) in [4.78, 5) is 16.4. The summed E-state index contributed by atoms with van der Waals surface area (Å²) in [6.07, 6.45) is 0.734. The molecule has 0 saturated heterocycles. The zero-order valence-electron chi connectivity index (χ0n) is 17.7. The minimum atomic E-state index is -3.55. The Balaban J connectivity index is 1.58. The molecule has 6 nitrogen and oxygen atoms in total. The van der Waals surface area contributed by atoms with Crippen molar-refractivity contribution in [1.29, 1.82) is 5.26 Å². The van der Waals surface area contributed by atoms with Crippen LogP contribution in [-0.4, -0.2) is 31.5 Å². The van der Waals surface area contributed by atoms with Gasteiger partial charge in [-0.25, -0.2) is 8.42 Å². The smallest absolute Gasteiger partial charge is 0.257 e. The van der Waals surface area contributed by atoms with Crippen LogP contribution in [0.2, 0.25) is 0 Å². The van der Waals surface area contributed by atoms with E-state index in [0.29, 0.717) is 17.1 Å². The molecule has 1 aliphatic heterocycles. The van der Waals surface area contributed by atoms with Crippen molar-refractivity contribution in [2.75, 3.05) is 17.6 Å². The molecule has 0 atom stereocenters. The van der Waals surface area contributed by atoms with Crippen LogP contribution in [0, 0.1) is 11.3 Å². The second-order valence-electron chi connectivity index (χ2n) is 7.62. The van der Waals surface area contributed by atoms with Crippen LogP contribution < -0.4 is 5.32 Å². The third kappa shape index (κ3) is 4.46. The molecule has 4 rings (SSSR count). The van der Waals surface area contributed by atoms with Gasteiger partial charge in [-0.15, -0.1) is 11.3 Å². The third-order valence-corrected chi connectivity index (χ3v) is 8.49. The molecular formula is C24H23N3O3S2. The Morgan fingerprint density at radius 1 is 1.16 bits per heavy atom. The van der Waals surface area contributed by atoms with E-state index in [0.717, 1.165) is 30.0 Å². The fourth-order valence-electron chi connectivity index (χ4n) is 3.89. The second-order valence-corrected chi connectivity index (χ2v) is 11.0. The van der Waals surface area contributed by atoms with Crippen LogP contribution >= 0.6 is 11.3 Å². The highest BCUT2D eigenvalue weighted by Crippen LogP contribution is 2.37. The lowest BCUT2D eigenvalue weighted by molar-refractivity contribution is 0.102. The summed E-state index contributed by atoms with van der Waals surface area (Å²) >= 11 is 1.40. The van der Waals surface area contributed by atoms with E-state index in [1.807, 2.05) is 18.2 Å². The number of hydrogen-bond acceptors (Lipinski definition) is 6. The lowest BCUT2D eigenvalue weighted by Gasteiger charge is -2.26. The molecule has 8 heteroatoms. The predicted molar refractivity (Wildman–Crippen MR) is 125 cm³/mol. The van der Waals surface area contributed by atoms with Gasteiger partial charge in [0.15, 0.2) is 9.84 Å². The van der Waals surface area contributed by atoms with Crippen molar-refractivity contribution in [3.8, 4) is 6.07 Å². The van der Waals surface area contributed by atoms with Crippen LogP contribution in [0.4, 0.5) is 5.00 Å². The molecule has 2 aromatic carbocycles. The van der Waals surface area contributed by atoms with Gasteiger partial charge in [-0.1, -0.05) is 49.4 Å². The van der Waals surface area contributed by atoms with Gasteiger partial charge >= 0.3 is 0 Å². The summed E-state index contributed by atoms with van der Waals surface area (Å²) in [5, 5.41) is 13.1. The molecule has 0 fully saturated rings. The maximum absolute atomic E-state index is 13.0. The van der Waals surface area contributed by atoms with Crippen molar-refractivity contribution in [2.24, 2.45) is 0 Å². The third-order valence-electron chi connectivity index (χ3n) is 5.57. The number of sulfone groups is 1. The number of carbonyl (C=O) groups excluding carboxylic acids is 1. The molecule has 0 saturated carbocycles. The number of nitrogens with zero attached hydrogens (tertiary/aromatic N) is 2. The van der Waals surface area contributed by atoms with Crippen LogP contribution in [0.25, 0.3) is 0 Å². The zero-order valence-corrected chi connectivity index (χ0v) is 19.3. The summed E-state index contributed by atoms with van der Waals surface area (Å²) in [6.45, 7) is 3.91. The standard InChI is InChI=1S/C24H23N3O3S2/c1-2-32(29,30)22-11-7-6-10-19(22)23(28)26-24-20(14-25)18-12-13-27(16-21(18)31-24)15-17-8-4-3-5-9-17/h3-11H,2,12-13,15-16H2,1H3,(H,26,28). The fourth-order valence-corrected chi connectivity index (χ4v) is 6.22. The van der Waals surface area contributed by atoms with Gasteiger partial charge in [-0.3, -0.25) is 9.69 Å². The monoisotopic (exact) mass is 465 g/mol. The second kappa shape index (κ2) is 9.25. The molecule has 0 aliphatic carbocycles. The maximum atomic E-state index is 13.0. The average molecular weight is 466 g/mol. The molecule has 1 N–H and O–H groups in total. The molecule has 32 heavy (non-hydrogen) atoms. The van der Waals surface area contributed by atoms with Gasteiger partial charge in [-0.2, -0.15) is 5.26 Å². The first-order valence-corrected chi connectivity index (χ1v) is 12.8. The number of amides is 1. The maximum Gasteiger partial charge on any atom is 0.257 e. The van der Waals surface area contributed by atoms with Gasteiger partial charge < -0.3 is 5.32 Å². The average Bonchev–Trinajstić information content (AvgIpc) is 3.15. The summed E-state index contributed by atoms with van der Waals surface area (Å²) in [5.74, 6) is -0.612. The molecule has 164 valence electrons. The highest BCUT2D eigenvalue weighted by molar-refractivity contribution is 7.91. The van der Waals surface area contributed by atoms with Gasteiger partial charge in [0.25, 0.3) is 5.91 Å². The van der Waals surface area contributed by atoms with Crippen molar-refractivity contribution in [3.63, 3.8) is 0 Å². The molecule has 1 aliphatic rings. The highest BCUT2D eigenvalue weighted by Gasteiger charge is 2.27. The van der Waals surface area contributed by atoms with Crippen LogP contribution in [0.1, 0.15) is 38.8 Å². The van der Waals surface area contributed by atoms with Crippen molar-refractivity contribution in [2.45, 2.75) is 31.3 Å². The Morgan fingerprint density at radius 3 is 2.59 bits per heavy atom. The number of nitriles is 1. The number of nitrogens with one attached hydrogen (secondary N) is 1. The van der Waals surface area contributed by atoms with Crippen molar-refractivity contribution < 1.29 is 13.2 Å². The van der Waals surface area contributed by atoms with E-state index in [1.54, 1.807) is 19.1 Å². The van der Waals surface area contributed by atoms with Gasteiger partial charge in [0.1, 0.15) is 11.1 Å². The van der Waals surface area contributed by atoms with Crippen molar-refractivity contribution in [3.05, 3.63) is 81.7 Å². The van der Waals surface area contributed by atoms with E-state index in [4.69, 9.17) is 0 Å². The Morgan fingerprint density at radius 2 is 1.88 bits per heavy atom. The lowest BCUT2D eigenvalue weighted by Crippen LogP contribution is -2.29. The largest absolute Gasteiger partial charge is 0.312 e. The summed E-state index contributed by atoms with van der Waals surface area (Å²) in [5.41, 5.74) is 2.78. The number of hydrogen-bond donors (Lipinski definition) is 1. The molecule has 3 aromatic rings. The molecule has 1 aromatic heterocycles. The van der Waals surface area contributed by atoms with Crippen LogP contribution in [0.3, 0.4) is 0 Å². The fraction of sp³-hybridized carbons (Fsp3) is 0.250. The first-order valence-electron chi connectivity index (χ1n) is 10.4. The molecule has 0 unspecified atom stereocenters. The first kappa shape index (κ1) is 22.2. The number of anilines is 1. The van der Waals surface area contributed by atoms with Gasteiger partial charge in [-0.05, 0) is 29.7 Å². The first-order chi connectivity index (χ1) is 15.4. The SMILES string of the molecule is CCS(=O)(=O)c1ccccc1C(=O)Nc1sc2c(c1C#N)CCN(Cc1ccccc1)C2. The van der Waals surface area contributed by atoms with Crippen molar-refractivity contribution in [1.82, 2.24) is 4.90 Å². The van der Waals surface area contributed by atoms with E-state index in [2.05, 4.69) is 28.4 Å². The summed E-state index contributed by atoms with van der Waals surface area (Å²) in [7, 11) is -3.55. The number of benzene rings is 2. The molecule has 0 bridgehead atoms. The number of rotatable bonds is 6. The predicted octanol–water partition coefficient (Wildman–Crippen LogP) is 4.22. The van der Waals surface area contributed by atoms with Gasteiger partial charge in [0.2, 0.25) is 0 Å². The van der Waals surface area contributed by atoms with Gasteiger partial charge in [0, 0.05) is 24.5 Å². The van der Waals surface area contributed by atoms with E-state index >= 15 is 0 Å². The topological polar surface area (TPSA) is 90.3 Å². The Kier molecular flexibility index (Phi) is 6.42. The number of carbonyl (C=O) groups is 1. The van der Waals surface area contributed by atoms with E-state index in [-0.39, 0.29) is 16.2 Å².